The summed E-state index contributed by atoms with van der Waals surface area (Å²) in [6, 6.07) is 7.58. The van der Waals surface area contributed by atoms with Crippen molar-refractivity contribution in [3.8, 4) is 5.75 Å². The van der Waals surface area contributed by atoms with Crippen LogP contribution in [0.2, 0.25) is 0 Å². The van der Waals surface area contributed by atoms with E-state index in [1.807, 2.05) is 24.3 Å². The summed E-state index contributed by atoms with van der Waals surface area (Å²) in [6.07, 6.45) is 3.48. The summed E-state index contributed by atoms with van der Waals surface area (Å²) >= 11 is 5.59. The molecule has 90 valence electrons. The van der Waals surface area contributed by atoms with E-state index in [4.69, 9.17) is 16.3 Å². The normalized spacial score (nSPS) is 12.4. The average Bonchev–Trinajstić information content (AvgIpc) is 2.34. The lowest BCUT2D eigenvalue weighted by molar-refractivity contribution is 0.163. The summed E-state index contributed by atoms with van der Waals surface area (Å²) in [5.74, 6) is 1.49. The van der Waals surface area contributed by atoms with Crippen LogP contribution >= 0.6 is 11.6 Å². The van der Waals surface area contributed by atoms with E-state index in [1.54, 1.807) is 7.11 Å². The van der Waals surface area contributed by atoms with Gasteiger partial charge in [-0.05, 0) is 30.5 Å². The molecule has 0 heterocycles. The number of aliphatic hydroxyl groups excluding tert-OH is 1. The summed E-state index contributed by atoms with van der Waals surface area (Å²) in [7, 11) is 1.63. The summed E-state index contributed by atoms with van der Waals surface area (Å²) in [5.41, 5.74) is 0.922. The predicted octanol–water partition coefficient (Wildman–Crippen LogP) is 3.53. The second kappa shape index (κ2) is 7.53. The monoisotopic (exact) mass is 242 g/mol. The molecule has 1 rings (SSSR count). The smallest absolute Gasteiger partial charge is 0.119 e. The van der Waals surface area contributed by atoms with Crippen molar-refractivity contribution in [3.05, 3.63) is 29.8 Å². The first-order valence-electron chi connectivity index (χ1n) is 5.66. The molecule has 0 amide bonds. The van der Waals surface area contributed by atoms with E-state index in [9.17, 15) is 5.11 Å². The molecule has 3 heteroatoms. The van der Waals surface area contributed by atoms with Crippen molar-refractivity contribution in [1.29, 1.82) is 0 Å². The fourth-order valence-electron chi connectivity index (χ4n) is 1.62. The second-order valence-corrected chi connectivity index (χ2v) is 4.21. The van der Waals surface area contributed by atoms with Gasteiger partial charge in [0.2, 0.25) is 0 Å². The molecule has 0 radical (unpaired) electrons. The van der Waals surface area contributed by atoms with Gasteiger partial charge in [0, 0.05) is 5.88 Å². The molecular weight excluding hydrogens is 224 g/mol. The highest BCUT2D eigenvalue weighted by atomic mass is 35.5. The molecule has 0 saturated heterocycles. The molecule has 0 aliphatic heterocycles. The Morgan fingerprint density at radius 2 is 2.12 bits per heavy atom. The Labute approximate surface area is 102 Å². The zero-order valence-corrected chi connectivity index (χ0v) is 10.4. The van der Waals surface area contributed by atoms with Crippen LogP contribution in [0.15, 0.2) is 24.3 Å². The van der Waals surface area contributed by atoms with Gasteiger partial charge >= 0.3 is 0 Å². The third kappa shape index (κ3) is 4.42. The quantitative estimate of drug-likeness (QED) is 0.586. The Morgan fingerprint density at radius 1 is 1.31 bits per heavy atom. The van der Waals surface area contributed by atoms with Crippen molar-refractivity contribution in [2.45, 2.75) is 31.8 Å². The maximum absolute atomic E-state index is 9.95. The second-order valence-electron chi connectivity index (χ2n) is 3.83. The third-order valence-electron chi connectivity index (χ3n) is 2.59. The Kier molecular flexibility index (Phi) is 6.27. The van der Waals surface area contributed by atoms with Crippen molar-refractivity contribution < 1.29 is 9.84 Å². The number of hydrogen-bond acceptors (Lipinski definition) is 2. The minimum atomic E-state index is -0.398. The predicted molar refractivity (Wildman–Crippen MR) is 67.1 cm³/mol. The van der Waals surface area contributed by atoms with Crippen LogP contribution in [0.3, 0.4) is 0 Å². The Bertz CT molecular complexity index is 302. The number of rotatable bonds is 7. The van der Waals surface area contributed by atoms with E-state index < -0.39 is 6.10 Å². The highest BCUT2D eigenvalue weighted by molar-refractivity contribution is 6.17. The van der Waals surface area contributed by atoms with E-state index in [0.29, 0.717) is 5.88 Å². The van der Waals surface area contributed by atoms with Gasteiger partial charge in [-0.25, -0.2) is 0 Å². The minimum absolute atomic E-state index is 0.398. The van der Waals surface area contributed by atoms with Gasteiger partial charge in [0.05, 0.1) is 13.2 Å². The van der Waals surface area contributed by atoms with Crippen molar-refractivity contribution in [1.82, 2.24) is 0 Å². The SMILES string of the molecule is COc1cccc(C(O)CCCCCCl)c1. The van der Waals surface area contributed by atoms with Gasteiger partial charge in [0.25, 0.3) is 0 Å². The molecule has 0 aromatic heterocycles. The zero-order valence-electron chi connectivity index (χ0n) is 9.66. The molecule has 16 heavy (non-hydrogen) atoms. The Hall–Kier alpha value is -0.730. The van der Waals surface area contributed by atoms with Crippen LogP contribution in [0, 0.1) is 0 Å². The highest BCUT2D eigenvalue weighted by Crippen LogP contribution is 2.23. The van der Waals surface area contributed by atoms with Crippen LogP contribution in [0.25, 0.3) is 0 Å². The van der Waals surface area contributed by atoms with Crippen LogP contribution in [-0.2, 0) is 0 Å². The fraction of sp³-hybridized carbons (Fsp3) is 0.538. The molecule has 0 aliphatic carbocycles. The number of alkyl halides is 1. The maximum Gasteiger partial charge on any atom is 0.119 e. The van der Waals surface area contributed by atoms with Gasteiger partial charge in [-0.1, -0.05) is 25.0 Å². The number of hydrogen-bond donors (Lipinski definition) is 1. The van der Waals surface area contributed by atoms with E-state index in [1.165, 1.54) is 0 Å². The lowest BCUT2D eigenvalue weighted by Gasteiger charge is -2.11. The lowest BCUT2D eigenvalue weighted by Crippen LogP contribution is -1.98. The number of aliphatic hydroxyl groups is 1. The Balaban J connectivity index is 2.42. The fourth-order valence-corrected chi connectivity index (χ4v) is 1.81. The zero-order chi connectivity index (χ0) is 11.8. The third-order valence-corrected chi connectivity index (χ3v) is 2.86. The average molecular weight is 243 g/mol. The van der Waals surface area contributed by atoms with Crippen LogP contribution in [0.4, 0.5) is 0 Å². The van der Waals surface area contributed by atoms with Gasteiger partial charge in [-0.3, -0.25) is 0 Å². The molecule has 0 bridgehead atoms. The molecule has 1 N–H and O–H groups in total. The summed E-state index contributed by atoms with van der Waals surface area (Å²) in [4.78, 5) is 0. The lowest BCUT2D eigenvalue weighted by atomic mass is 10.0. The summed E-state index contributed by atoms with van der Waals surface area (Å²) < 4.78 is 5.12. The van der Waals surface area contributed by atoms with Gasteiger partial charge in [-0.15, -0.1) is 11.6 Å². The first-order valence-corrected chi connectivity index (χ1v) is 6.19. The van der Waals surface area contributed by atoms with Crippen LogP contribution < -0.4 is 4.74 Å². The molecule has 0 spiro atoms. The Morgan fingerprint density at radius 3 is 2.81 bits per heavy atom. The van der Waals surface area contributed by atoms with Crippen LogP contribution in [0.5, 0.6) is 5.75 Å². The number of unbranched alkanes of at least 4 members (excludes halogenated alkanes) is 2. The van der Waals surface area contributed by atoms with Crippen molar-refractivity contribution in [3.63, 3.8) is 0 Å². The van der Waals surface area contributed by atoms with Crippen molar-refractivity contribution >= 4 is 11.6 Å². The molecule has 0 fully saturated rings. The van der Waals surface area contributed by atoms with E-state index in [0.717, 1.165) is 37.0 Å². The van der Waals surface area contributed by atoms with Gasteiger partial charge in [-0.2, -0.15) is 0 Å². The van der Waals surface area contributed by atoms with Crippen LogP contribution in [-0.4, -0.2) is 18.1 Å². The van der Waals surface area contributed by atoms with Crippen molar-refractivity contribution in [2.75, 3.05) is 13.0 Å². The molecule has 0 saturated carbocycles. The number of halogens is 1. The molecular formula is C13H19ClO2. The van der Waals surface area contributed by atoms with Gasteiger partial charge < -0.3 is 9.84 Å². The summed E-state index contributed by atoms with van der Waals surface area (Å²) in [5, 5.41) is 9.95. The molecule has 1 unspecified atom stereocenters. The molecule has 1 atom stereocenters. The molecule has 1 aromatic carbocycles. The van der Waals surface area contributed by atoms with E-state index >= 15 is 0 Å². The summed E-state index contributed by atoms with van der Waals surface area (Å²) in [6.45, 7) is 0. The highest BCUT2D eigenvalue weighted by Gasteiger charge is 2.07. The van der Waals surface area contributed by atoms with E-state index in [2.05, 4.69) is 0 Å². The number of ether oxygens (including phenoxy) is 1. The van der Waals surface area contributed by atoms with Crippen LogP contribution in [0.1, 0.15) is 37.4 Å². The maximum atomic E-state index is 9.95. The van der Waals surface area contributed by atoms with Gasteiger partial charge in [0.1, 0.15) is 5.75 Å². The molecule has 1 aromatic rings. The largest absolute Gasteiger partial charge is 0.497 e. The van der Waals surface area contributed by atoms with Gasteiger partial charge in [0.15, 0.2) is 0 Å². The van der Waals surface area contributed by atoms with E-state index in [-0.39, 0.29) is 0 Å². The molecule has 2 nitrogen and oxygen atoms in total. The first kappa shape index (κ1) is 13.3. The topological polar surface area (TPSA) is 29.5 Å². The molecule has 0 aliphatic rings. The standard InChI is InChI=1S/C13H19ClO2/c1-16-12-7-5-6-11(10-12)13(15)8-3-2-4-9-14/h5-7,10,13,15H,2-4,8-9H2,1H3. The number of methoxy groups -OCH3 is 1. The van der Waals surface area contributed by atoms with Crippen molar-refractivity contribution in [2.24, 2.45) is 0 Å². The minimum Gasteiger partial charge on any atom is -0.497 e. The number of benzene rings is 1. The first-order chi connectivity index (χ1) is 7.77.